The van der Waals surface area contributed by atoms with Crippen molar-refractivity contribution >= 4 is 39.0 Å². The fraction of sp³-hybridized carbons (Fsp3) is 0.0476. The van der Waals surface area contributed by atoms with E-state index in [0.717, 1.165) is 5.69 Å². The molecule has 0 saturated heterocycles. The van der Waals surface area contributed by atoms with Gasteiger partial charge in [-0.3, -0.25) is 18.6 Å². The summed E-state index contributed by atoms with van der Waals surface area (Å²) < 4.78 is 3.14. The fourth-order valence-electron chi connectivity index (χ4n) is 3.11. The Hall–Kier alpha value is -3.23. The first-order valence-corrected chi connectivity index (χ1v) is 10.7. The maximum Gasteiger partial charge on any atom is 0.266 e. The van der Waals surface area contributed by atoms with Crippen LogP contribution in [0.25, 0.3) is 21.6 Å². The molecule has 0 radical (unpaired) electrons. The zero-order chi connectivity index (χ0) is 19.8. The van der Waals surface area contributed by atoms with Gasteiger partial charge in [-0.1, -0.05) is 42.1 Å². The molecular weight excluding hydrogens is 404 g/mol. The number of aromatic nitrogens is 4. The summed E-state index contributed by atoms with van der Waals surface area (Å²) in [5.41, 5.74) is 1.82. The Bertz CT molecular complexity index is 1450. The maximum atomic E-state index is 13.2. The van der Waals surface area contributed by atoms with Crippen molar-refractivity contribution < 1.29 is 0 Å². The summed E-state index contributed by atoms with van der Waals surface area (Å²) in [7, 11) is 0. The van der Waals surface area contributed by atoms with Gasteiger partial charge >= 0.3 is 0 Å². The molecule has 2 aromatic carbocycles. The third-order valence-electron chi connectivity index (χ3n) is 4.46. The molecule has 0 N–H and O–H groups in total. The molecule has 0 amide bonds. The molecular formula is C21H14N4O2S2. The minimum absolute atomic E-state index is 0.112. The molecule has 8 heteroatoms. The van der Waals surface area contributed by atoms with Crippen LogP contribution in [0.5, 0.6) is 0 Å². The van der Waals surface area contributed by atoms with E-state index in [9.17, 15) is 9.59 Å². The second kappa shape index (κ2) is 7.31. The first kappa shape index (κ1) is 17.8. The first-order valence-electron chi connectivity index (χ1n) is 8.86. The number of thioether (sulfide) groups is 1. The molecule has 6 nitrogen and oxygen atoms in total. The van der Waals surface area contributed by atoms with Gasteiger partial charge in [-0.2, -0.15) is 0 Å². The Morgan fingerprint density at radius 1 is 0.966 bits per heavy atom. The van der Waals surface area contributed by atoms with Crippen molar-refractivity contribution in [3.63, 3.8) is 0 Å². The molecule has 142 valence electrons. The number of para-hydroxylation sites is 2. The molecule has 5 aromatic rings. The topological polar surface area (TPSA) is 69.3 Å². The lowest BCUT2D eigenvalue weighted by atomic mass is 10.2. The molecule has 0 spiro atoms. The number of nitrogens with zero attached hydrogens (tertiary/aromatic N) is 4. The molecule has 0 aliphatic heterocycles. The Kier molecular flexibility index (Phi) is 4.49. The number of thiazole rings is 1. The van der Waals surface area contributed by atoms with Gasteiger partial charge in [-0.15, -0.1) is 11.3 Å². The average molecular weight is 419 g/mol. The second-order valence-electron chi connectivity index (χ2n) is 6.32. The minimum atomic E-state index is -0.119. The third-order valence-corrected chi connectivity index (χ3v) is 6.19. The molecule has 0 saturated carbocycles. The number of hydrogen-bond acceptors (Lipinski definition) is 6. The van der Waals surface area contributed by atoms with Gasteiger partial charge in [-0.25, -0.2) is 9.97 Å². The number of hydrogen-bond donors (Lipinski definition) is 0. The standard InChI is InChI=1S/C21H14N4O2S2/c26-18-12-14(22-20-24(18)10-11-28-20)13-29-21-23-17-9-5-4-8-16(17)19(27)25(21)15-6-2-1-3-7-15/h1-12H,13H2. The van der Waals surface area contributed by atoms with E-state index in [1.807, 2.05) is 53.9 Å². The molecule has 0 fully saturated rings. The number of fused-ring (bicyclic) bond motifs is 2. The Morgan fingerprint density at radius 3 is 2.62 bits per heavy atom. The zero-order valence-electron chi connectivity index (χ0n) is 15.1. The van der Waals surface area contributed by atoms with E-state index in [0.29, 0.717) is 32.5 Å². The summed E-state index contributed by atoms with van der Waals surface area (Å²) in [6.45, 7) is 0. The van der Waals surface area contributed by atoms with Crippen LogP contribution >= 0.6 is 23.1 Å². The van der Waals surface area contributed by atoms with Crippen molar-refractivity contribution in [3.8, 4) is 5.69 Å². The highest BCUT2D eigenvalue weighted by Crippen LogP contribution is 2.24. The van der Waals surface area contributed by atoms with Crippen LogP contribution in [0.3, 0.4) is 0 Å². The molecule has 5 rings (SSSR count). The summed E-state index contributed by atoms with van der Waals surface area (Å²) in [5.74, 6) is 0.432. The third kappa shape index (κ3) is 3.26. The second-order valence-corrected chi connectivity index (χ2v) is 8.13. The van der Waals surface area contributed by atoms with E-state index in [-0.39, 0.29) is 11.1 Å². The van der Waals surface area contributed by atoms with Crippen LogP contribution in [0.15, 0.2) is 87.0 Å². The maximum absolute atomic E-state index is 13.2. The van der Waals surface area contributed by atoms with Crippen LogP contribution < -0.4 is 11.1 Å². The predicted molar refractivity (Wildman–Crippen MR) is 116 cm³/mol. The quantitative estimate of drug-likeness (QED) is 0.328. The first-order chi connectivity index (χ1) is 14.2. The van der Waals surface area contributed by atoms with Gasteiger partial charge in [0.05, 0.1) is 22.3 Å². The van der Waals surface area contributed by atoms with Gasteiger partial charge in [0.1, 0.15) is 0 Å². The predicted octanol–water partition coefficient (Wildman–Crippen LogP) is 3.75. The van der Waals surface area contributed by atoms with Crippen LogP contribution in [-0.4, -0.2) is 18.9 Å². The Balaban J connectivity index is 1.61. The summed E-state index contributed by atoms with van der Waals surface area (Å²) in [6, 6.07) is 18.3. The molecule has 0 atom stereocenters. The Morgan fingerprint density at radius 2 is 1.76 bits per heavy atom. The van der Waals surface area contributed by atoms with Crippen LogP contribution in [-0.2, 0) is 5.75 Å². The van der Waals surface area contributed by atoms with Gasteiger partial charge < -0.3 is 0 Å². The van der Waals surface area contributed by atoms with Crippen molar-refractivity contribution in [2.45, 2.75) is 10.9 Å². The van der Waals surface area contributed by atoms with E-state index in [1.165, 1.54) is 33.6 Å². The summed E-state index contributed by atoms with van der Waals surface area (Å²) in [4.78, 5) is 35.4. The van der Waals surface area contributed by atoms with Gasteiger partial charge in [0, 0.05) is 23.4 Å². The SMILES string of the molecule is O=c1c2ccccc2nc(SCc2cc(=O)n3ccsc3n2)n1-c1ccccc1. The van der Waals surface area contributed by atoms with E-state index < -0.39 is 0 Å². The molecule has 0 unspecified atom stereocenters. The molecule has 0 aliphatic rings. The average Bonchev–Trinajstić information content (AvgIpc) is 3.22. The number of rotatable bonds is 4. The van der Waals surface area contributed by atoms with Crippen LogP contribution in [0.1, 0.15) is 5.69 Å². The highest BCUT2D eigenvalue weighted by molar-refractivity contribution is 7.98. The molecule has 0 bridgehead atoms. The molecule has 3 heterocycles. The summed E-state index contributed by atoms with van der Waals surface area (Å²) in [6.07, 6.45) is 1.71. The smallest absolute Gasteiger partial charge is 0.266 e. The van der Waals surface area contributed by atoms with Gasteiger partial charge in [0.15, 0.2) is 10.1 Å². The van der Waals surface area contributed by atoms with Gasteiger partial charge in [0.2, 0.25) is 0 Å². The van der Waals surface area contributed by atoms with Gasteiger partial charge in [0.25, 0.3) is 11.1 Å². The highest BCUT2D eigenvalue weighted by atomic mass is 32.2. The van der Waals surface area contributed by atoms with Crippen molar-refractivity contribution in [2.75, 3.05) is 0 Å². The lowest BCUT2D eigenvalue weighted by Crippen LogP contribution is -2.21. The van der Waals surface area contributed by atoms with Crippen molar-refractivity contribution in [3.05, 3.63) is 98.6 Å². The van der Waals surface area contributed by atoms with E-state index in [2.05, 4.69) is 4.98 Å². The van der Waals surface area contributed by atoms with Crippen molar-refractivity contribution in [1.82, 2.24) is 18.9 Å². The summed E-state index contributed by atoms with van der Waals surface area (Å²) >= 11 is 2.80. The molecule has 0 aliphatic carbocycles. The highest BCUT2D eigenvalue weighted by Gasteiger charge is 2.14. The zero-order valence-corrected chi connectivity index (χ0v) is 16.7. The monoisotopic (exact) mass is 418 g/mol. The molecule has 29 heavy (non-hydrogen) atoms. The van der Waals surface area contributed by atoms with Crippen molar-refractivity contribution in [1.29, 1.82) is 0 Å². The fourth-order valence-corrected chi connectivity index (χ4v) is 4.76. The normalized spacial score (nSPS) is 11.3. The van der Waals surface area contributed by atoms with E-state index in [4.69, 9.17) is 4.98 Å². The lowest BCUT2D eigenvalue weighted by molar-refractivity contribution is 0.819. The van der Waals surface area contributed by atoms with Crippen LogP contribution in [0, 0.1) is 0 Å². The van der Waals surface area contributed by atoms with E-state index >= 15 is 0 Å². The Labute approximate surface area is 173 Å². The summed E-state index contributed by atoms with van der Waals surface area (Å²) in [5, 5.41) is 2.96. The van der Waals surface area contributed by atoms with Crippen LogP contribution in [0.4, 0.5) is 0 Å². The van der Waals surface area contributed by atoms with Crippen LogP contribution in [0.2, 0.25) is 0 Å². The largest absolute Gasteiger partial charge is 0.269 e. The lowest BCUT2D eigenvalue weighted by Gasteiger charge is -2.13. The van der Waals surface area contributed by atoms with Gasteiger partial charge in [-0.05, 0) is 24.3 Å². The molecule has 3 aromatic heterocycles. The number of benzene rings is 2. The van der Waals surface area contributed by atoms with E-state index in [1.54, 1.807) is 16.8 Å². The minimum Gasteiger partial charge on any atom is -0.269 e. The van der Waals surface area contributed by atoms with Crippen molar-refractivity contribution in [2.24, 2.45) is 0 Å².